The average molecular weight is 570 g/mol. The molecule has 3 aliphatic rings. The number of rotatable bonds is 8. The van der Waals surface area contributed by atoms with Gasteiger partial charge in [-0.25, -0.2) is 14.4 Å². The Morgan fingerprint density at radius 1 is 1.17 bits per heavy atom. The van der Waals surface area contributed by atoms with E-state index >= 15 is 0 Å². The summed E-state index contributed by atoms with van der Waals surface area (Å²) in [5, 5.41) is 0. The van der Waals surface area contributed by atoms with Crippen molar-refractivity contribution in [1.82, 2.24) is 19.8 Å². The van der Waals surface area contributed by atoms with Gasteiger partial charge in [-0.15, -0.1) is 0 Å². The molecule has 41 heavy (non-hydrogen) atoms. The molecule has 1 aromatic carbocycles. The Balaban J connectivity index is 0.000000909. The molecule has 1 amide bonds. The molecule has 3 heterocycles. The number of anilines is 1. The van der Waals surface area contributed by atoms with Gasteiger partial charge in [-0.05, 0) is 76.7 Å². The number of amides is 1. The highest BCUT2D eigenvalue weighted by Crippen LogP contribution is 2.45. The van der Waals surface area contributed by atoms with Gasteiger partial charge in [0.05, 0.1) is 18.9 Å². The fraction of sp³-hybridized carbons (Fsp3) is 0.613. The van der Waals surface area contributed by atoms with Crippen LogP contribution in [0.1, 0.15) is 69.2 Å². The molecule has 1 saturated carbocycles. The molecule has 2 aliphatic heterocycles. The molecule has 0 radical (unpaired) electrons. The Bertz CT molecular complexity index is 1160. The molecule has 224 valence electrons. The van der Waals surface area contributed by atoms with Crippen LogP contribution < -0.4 is 9.64 Å². The second-order valence-corrected chi connectivity index (χ2v) is 12.0. The number of nitrogens with zero attached hydrogens (tertiary/aromatic N) is 5. The van der Waals surface area contributed by atoms with Gasteiger partial charge in [0.25, 0.3) is 12.4 Å². The minimum atomic E-state index is -0.475. The zero-order valence-electron chi connectivity index (χ0n) is 24.9. The number of likely N-dealkylation sites (tertiary alicyclic amines) is 1. The summed E-state index contributed by atoms with van der Waals surface area (Å²) in [6.45, 7) is 9.74. The topological polar surface area (TPSA) is 88.1 Å². The smallest absolute Gasteiger partial charge is 0.292 e. The number of hydrogen-bond acceptors (Lipinski definition) is 8. The number of benzene rings is 1. The fourth-order valence-corrected chi connectivity index (χ4v) is 6.10. The number of piperidine rings is 1. The van der Waals surface area contributed by atoms with Crippen molar-refractivity contribution in [2.45, 2.75) is 64.8 Å². The van der Waals surface area contributed by atoms with Gasteiger partial charge in [-0.1, -0.05) is 19.3 Å². The predicted octanol–water partition coefficient (Wildman–Crippen LogP) is 5.16. The molecule has 3 fully saturated rings. The van der Waals surface area contributed by atoms with E-state index < -0.39 is 5.82 Å². The molecule has 1 aliphatic carbocycles. The number of carbonyl (C=O) groups excluding carboxylic acids is 2. The summed E-state index contributed by atoms with van der Waals surface area (Å²) in [6, 6.07) is 4.03. The highest BCUT2D eigenvalue weighted by Gasteiger charge is 2.46. The zero-order valence-corrected chi connectivity index (χ0v) is 24.9. The Morgan fingerprint density at radius 2 is 1.85 bits per heavy atom. The first-order valence-corrected chi connectivity index (χ1v) is 14.7. The van der Waals surface area contributed by atoms with E-state index in [2.05, 4.69) is 24.5 Å². The van der Waals surface area contributed by atoms with Crippen LogP contribution in [0, 0.1) is 17.2 Å². The lowest BCUT2D eigenvalue weighted by molar-refractivity contribution is -0.126. The van der Waals surface area contributed by atoms with Crippen molar-refractivity contribution >= 4 is 18.2 Å². The Kier molecular flexibility index (Phi) is 10.5. The zero-order chi connectivity index (χ0) is 29.4. The molecule has 9 nitrogen and oxygen atoms in total. The van der Waals surface area contributed by atoms with Crippen LogP contribution in [0.15, 0.2) is 30.7 Å². The summed E-state index contributed by atoms with van der Waals surface area (Å²) < 4.78 is 24.1. The van der Waals surface area contributed by atoms with Gasteiger partial charge in [0.2, 0.25) is 0 Å². The summed E-state index contributed by atoms with van der Waals surface area (Å²) in [6.07, 6.45) is 12.6. The molecular formula is C31H44FN5O4. The van der Waals surface area contributed by atoms with Gasteiger partial charge in [0.15, 0.2) is 11.6 Å². The third-order valence-electron chi connectivity index (χ3n) is 8.75. The molecule has 1 aromatic heterocycles. The van der Waals surface area contributed by atoms with Crippen LogP contribution in [-0.4, -0.2) is 85.1 Å². The number of hydrogen-bond donors (Lipinski definition) is 0. The fourth-order valence-electron chi connectivity index (χ4n) is 6.10. The molecule has 2 aromatic rings. The van der Waals surface area contributed by atoms with Crippen molar-refractivity contribution < 1.29 is 23.5 Å². The van der Waals surface area contributed by atoms with Gasteiger partial charge in [-0.2, -0.15) is 0 Å². The standard InChI is InChI=1S/C29H40FN5O2.C2H4O2/c1-21(2)33(3)28(36)24-15-23(30)9-10-25(24)37-26-16-31-20-32-27(26)35-18-29(19-35)11-13-34(14-12-29)17-22-7-5-4-6-8-22;1-4-2-3/h9-10,15-16,20-22H,4-8,11-14,17-19H2,1-3H3;2H,1H3. The summed E-state index contributed by atoms with van der Waals surface area (Å²) in [5.74, 6) is 1.65. The van der Waals surface area contributed by atoms with Crippen LogP contribution in [-0.2, 0) is 9.53 Å². The Labute approximate surface area is 243 Å². The first kappa shape index (κ1) is 30.7. The van der Waals surface area contributed by atoms with E-state index in [-0.39, 0.29) is 17.5 Å². The molecule has 5 rings (SSSR count). The summed E-state index contributed by atoms with van der Waals surface area (Å²) in [4.78, 5) is 37.2. The summed E-state index contributed by atoms with van der Waals surface area (Å²) in [5.41, 5.74) is 0.527. The lowest BCUT2D eigenvalue weighted by atomic mass is 9.71. The van der Waals surface area contributed by atoms with Crippen LogP contribution >= 0.6 is 0 Å². The molecule has 0 bridgehead atoms. The van der Waals surface area contributed by atoms with Crippen molar-refractivity contribution in [3.8, 4) is 11.5 Å². The Hall–Kier alpha value is -3.27. The highest BCUT2D eigenvalue weighted by molar-refractivity contribution is 5.97. The SMILES string of the molecule is CC(C)N(C)C(=O)c1cc(F)ccc1Oc1cncnc1N1CC2(CCN(CC3CCCCC3)CC2)C1.COC=O. The molecule has 0 atom stereocenters. The van der Waals surface area contributed by atoms with E-state index in [1.165, 1.54) is 96.2 Å². The van der Waals surface area contributed by atoms with Crippen molar-refractivity contribution in [3.05, 3.63) is 42.1 Å². The van der Waals surface area contributed by atoms with Crippen molar-refractivity contribution in [1.29, 1.82) is 0 Å². The summed E-state index contributed by atoms with van der Waals surface area (Å²) in [7, 11) is 3.02. The van der Waals surface area contributed by atoms with Crippen LogP contribution in [0.25, 0.3) is 0 Å². The molecule has 0 unspecified atom stereocenters. The number of ether oxygens (including phenoxy) is 2. The molecular weight excluding hydrogens is 525 g/mol. The number of carbonyl (C=O) groups is 2. The quantitative estimate of drug-likeness (QED) is 0.403. The molecule has 1 spiro atoms. The van der Waals surface area contributed by atoms with Gasteiger partial charge >= 0.3 is 0 Å². The highest BCUT2D eigenvalue weighted by atomic mass is 19.1. The van der Waals surface area contributed by atoms with E-state index in [1.54, 1.807) is 18.1 Å². The van der Waals surface area contributed by atoms with E-state index in [9.17, 15) is 9.18 Å². The van der Waals surface area contributed by atoms with Crippen LogP contribution in [0.2, 0.25) is 0 Å². The predicted molar refractivity (Wildman–Crippen MR) is 156 cm³/mol. The average Bonchev–Trinajstić information content (AvgIpc) is 2.97. The van der Waals surface area contributed by atoms with Crippen molar-refractivity contribution in [3.63, 3.8) is 0 Å². The number of halogens is 1. The van der Waals surface area contributed by atoms with Gasteiger partial charge in [0, 0.05) is 38.1 Å². The Morgan fingerprint density at radius 3 is 2.49 bits per heavy atom. The minimum absolute atomic E-state index is 0.0226. The third-order valence-corrected chi connectivity index (χ3v) is 8.75. The minimum Gasteiger partial charge on any atom is -0.471 e. The second-order valence-electron chi connectivity index (χ2n) is 12.0. The maximum Gasteiger partial charge on any atom is 0.292 e. The van der Waals surface area contributed by atoms with Gasteiger partial charge < -0.3 is 24.2 Å². The van der Waals surface area contributed by atoms with Gasteiger partial charge in [0.1, 0.15) is 17.9 Å². The first-order valence-electron chi connectivity index (χ1n) is 14.7. The first-order chi connectivity index (χ1) is 19.7. The maximum absolute atomic E-state index is 14.1. The van der Waals surface area contributed by atoms with Crippen LogP contribution in [0.4, 0.5) is 10.2 Å². The number of aromatic nitrogens is 2. The van der Waals surface area contributed by atoms with E-state index in [0.717, 1.165) is 24.8 Å². The molecule has 2 saturated heterocycles. The molecule has 0 N–H and O–H groups in total. The number of methoxy groups -OCH3 is 1. The van der Waals surface area contributed by atoms with Crippen molar-refractivity contribution in [2.24, 2.45) is 11.3 Å². The largest absolute Gasteiger partial charge is 0.471 e. The van der Waals surface area contributed by atoms with Crippen LogP contribution in [0.3, 0.4) is 0 Å². The maximum atomic E-state index is 14.1. The van der Waals surface area contributed by atoms with E-state index in [4.69, 9.17) is 9.53 Å². The van der Waals surface area contributed by atoms with Crippen molar-refractivity contribution in [2.75, 3.05) is 51.8 Å². The van der Waals surface area contributed by atoms with Crippen LogP contribution in [0.5, 0.6) is 11.5 Å². The lowest BCUT2D eigenvalue weighted by Gasteiger charge is -2.54. The monoisotopic (exact) mass is 569 g/mol. The molecule has 10 heteroatoms. The van der Waals surface area contributed by atoms with E-state index in [1.807, 2.05) is 13.8 Å². The summed E-state index contributed by atoms with van der Waals surface area (Å²) >= 11 is 0. The van der Waals surface area contributed by atoms with Gasteiger partial charge in [-0.3, -0.25) is 9.59 Å². The lowest BCUT2D eigenvalue weighted by Crippen LogP contribution is -2.61. The third kappa shape index (κ3) is 7.72. The normalized spacial score (nSPS) is 18.7. The second kappa shape index (κ2) is 14.1. The van der Waals surface area contributed by atoms with E-state index in [0.29, 0.717) is 23.4 Å².